The molecule has 0 saturated heterocycles. The van der Waals surface area contributed by atoms with Crippen molar-refractivity contribution in [3.63, 3.8) is 0 Å². The van der Waals surface area contributed by atoms with Gasteiger partial charge in [0.1, 0.15) is 5.82 Å². The molecular formula is C11H15FN2OS. The van der Waals surface area contributed by atoms with Crippen LogP contribution in [0.25, 0.3) is 0 Å². The Morgan fingerprint density at radius 3 is 3.00 bits per heavy atom. The van der Waals surface area contributed by atoms with Gasteiger partial charge in [-0.25, -0.2) is 4.39 Å². The topological polar surface area (TPSA) is 33.3 Å². The van der Waals surface area contributed by atoms with Crippen molar-refractivity contribution in [3.8, 4) is 0 Å². The van der Waals surface area contributed by atoms with E-state index in [1.165, 1.54) is 12.1 Å². The molecule has 0 bridgehead atoms. The van der Waals surface area contributed by atoms with Gasteiger partial charge in [-0.2, -0.15) is 0 Å². The van der Waals surface area contributed by atoms with Gasteiger partial charge < -0.3 is 15.4 Å². The van der Waals surface area contributed by atoms with Crippen LogP contribution in [0.4, 0.5) is 10.1 Å². The summed E-state index contributed by atoms with van der Waals surface area (Å²) in [7, 11) is 1.66. The third-order valence-electron chi connectivity index (χ3n) is 1.89. The molecule has 0 spiro atoms. The molecule has 0 fully saturated rings. The molecule has 0 aliphatic heterocycles. The van der Waals surface area contributed by atoms with Crippen LogP contribution >= 0.6 is 12.2 Å². The van der Waals surface area contributed by atoms with Gasteiger partial charge >= 0.3 is 0 Å². The number of ether oxygens (including phenoxy) is 1. The second kappa shape index (κ2) is 7.14. The van der Waals surface area contributed by atoms with Crippen molar-refractivity contribution in [1.82, 2.24) is 5.32 Å². The number of hydrogen-bond acceptors (Lipinski definition) is 2. The monoisotopic (exact) mass is 242 g/mol. The van der Waals surface area contributed by atoms with Crippen molar-refractivity contribution in [1.29, 1.82) is 0 Å². The van der Waals surface area contributed by atoms with Gasteiger partial charge in [0.15, 0.2) is 5.11 Å². The number of thiocarbonyl (C=S) groups is 1. The molecule has 0 unspecified atom stereocenters. The van der Waals surface area contributed by atoms with Gasteiger partial charge in [0.2, 0.25) is 0 Å². The summed E-state index contributed by atoms with van der Waals surface area (Å²) in [4.78, 5) is 0. The maximum Gasteiger partial charge on any atom is 0.170 e. The van der Waals surface area contributed by atoms with Crippen molar-refractivity contribution >= 4 is 23.0 Å². The summed E-state index contributed by atoms with van der Waals surface area (Å²) in [5.41, 5.74) is 0.643. The predicted molar refractivity (Wildman–Crippen MR) is 67.1 cm³/mol. The molecule has 2 N–H and O–H groups in total. The van der Waals surface area contributed by atoms with Crippen LogP contribution in [0, 0.1) is 5.82 Å². The molecule has 1 rings (SSSR count). The first-order chi connectivity index (χ1) is 7.72. The van der Waals surface area contributed by atoms with Crippen molar-refractivity contribution in [3.05, 3.63) is 30.1 Å². The average Bonchev–Trinajstić information content (AvgIpc) is 2.24. The summed E-state index contributed by atoms with van der Waals surface area (Å²) in [6.45, 7) is 1.42. The Bertz CT molecular complexity index is 347. The number of halogens is 1. The van der Waals surface area contributed by atoms with E-state index in [1.54, 1.807) is 19.2 Å². The van der Waals surface area contributed by atoms with Crippen LogP contribution in [-0.4, -0.2) is 25.4 Å². The van der Waals surface area contributed by atoms with E-state index in [4.69, 9.17) is 17.0 Å². The van der Waals surface area contributed by atoms with Gasteiger partial charge in [-0.15, -0.1) is 0 Å². The average molecular weight is 242 g/mol. The zero-order valence-corrected chi connectivity index (χ0v) is 9.94. The molecule has 16 heavy (non-hydrogen) atoms. The minimum Gasteiger partial charge on any atom is -0.385 e. The van der Waals surface area contributed by atoms with Crippen LogP contribution in [0.2, 0.25) is 0 Å². The number of anilines is 1. The predicted octanol–water partition coefficient (Wildman–Crippen LogP) is 2.15. The van der Waals surface area contributed by atoms with Crippen LogP contribution < -0.4 is 10.6 Å². The Morgan fingerprint density at radius 1 is 1.50 bits per heavy atom. The normalized spacial score (nSPS) is 9.88. The molecule has 0 atom stereocenters. The molecule has 0 radical (unpaired) electrons. The summed E-state index contributed by atoms with van der Waals surface area (Å²) in [6, 6.07) is 6.17. The van der Waals surface area contributed by atoms with E-state index >= 15 is 0 Å². The van der Waals surface area contributed by atoms with Gasteiger partial charge in [0, 0.05) is 25.9 Å². The fraction of sp³-hybridized carbons (Fsp3) is 0.364. The highest BCUT2D eigenvalue weighted by atomic mass is 32.1. The van der Waals surface area contributed by atoms with E-state index in [0.29, 0.717) is 17.4 Å². The van der Waals surface area contributed by atoms with Crippen molar-refractivity contribution < 1.29 is 9.13 Å². The molecule has 3 nitrogen and oxygen atoms in total. The molecule has 88 valence electrons. The van der Waals surface area contributed by atoms with Crippen LogP contribution in [0.5, 0.6) is 0 Å². The van der Waals surface area contributed by atoms with Crippen molar-refractivity contribution in [2.45, 2.75) is 6.42 Å². The van der Waals surface area contributed by atoms with Crippen molar-refractivity contribution in [2.75, 3.05) is 25.6 Å². The lowest BCUT2D eigenvalue weighted by atomic mass is 10.3. The van der Waals surface area contributed by atoms with Crippen LogP contribution in [0.15, 0.2) is 24.3 Å². The smallest absolute Gasteiger partial charge is 0.170 e. The lowest BCUT2D eigenvalue weighted by Crippen LogP contribution is -2.29. The third kappa shape index (κ3) is 5.04. The number of methoxy groups -OCH3 is 1. The zero-order valence-electron chi connectivity index (χ0n) is 9.13. The number of nitrogens with one attached hydrogen (secondary N) is 2. The summed E-state index contributed by atoms with van der Waals surface area (Å²) < 4.78 is 17.8. The number of hydrogen-bond donors (Lipinski definition) is 2. The van der Waals surface area contributed by atoms with E-state index < -0.39 is 0 Å². The first kappa shape index (κ1) is 12.9. The SMILES string of the molecule is COCCCNC(=S)Nc1cccc(F)c1. The first-order valence-corrected chi connectivity index (χ1v) is 5.42. The summed E-state index contributed by atoms with van der Waals surface area (Å²) >= 11 is 5.04. The van der Waals surface area contributed by atoms with E-state index in [-0.39, 0.29) is 5.82 Å². The molecule has 0 aliphatic carbocycles. The molecule has 5 heteroatoms. The van der Waals surface area contributed by atoms with Gasteiger partial charge in [-0.05, 0) is 36.8 Å². The van der Waals surface area contributed by atoms with Crippen LogP contribution in [0.1, 0.15) is 6.42 Å². The maximum atomic E-state index is 12.8. The fourth-order valence-corrected chi connectivity index (χ4v) is 1.38. The Labute approximate surface area is 100.0 Å². The molecular weight excluding hydrogens is 227 g/mol. The van der Waals surface area contributed by atoms with Gasteiger partial charge in [0.25, 0.3) is 0 Å². The van der Waals surface area contributed by atoms with E-state index in [0.717, 1.165) is 13.0 Å². The molecule has 0 heterocycles. The fourth-order valence-electron chi connectivity index (χ4n) is 1.16. The summed E-state index contributed by atoms with van der Waals surface area (Å²) in [6.07, 6.45) is 0.876. The highest BCUT2D eigenvalue weighted by Crippen LogP contribution is 2.08. The minimum atomic E-state index is -0.285. The zero-order chi connectivity index (χ0) is 11.8. The van der Waals surface area contributed by atoms with E-state index in [9.17, 15) is 4.39 Å². The quantitative estimate of drug-likeness (QED) is 0.612. The third-order valence-corrected chi connectivity index (χ3v) is 2.14. The highest BCUT2D eigenvalue weighted by molar-refractivity contribution is 7.80. The number of rotatable bonds is 5. The van der Waals surface area contributed by atoms with Gasteiger partial charge in [0.05, 0.1) is 0 Å². The molecule has 1 aromatic carbocycles. The number of benzene rings is 1. The van der Waals surface area contributed by atoms with E-state index in [1.807, 2.05) is 0 Å². The molecule has 0 amide bonds. The lowest BCUT2D eigenvalue weighted by molar-refractivity contribution is 0.196. The first-order valence-electron chi connectivity index (χ1n) is 5.01. The Balaban J connectivity index is 2.29. The Hall–Kier alpha value is -1.20. The molecule has 0 aromatic heterocycles. The molecule has 1 aromatic rings. The molecule has 0 saturated carbocycles. The van der Waals surface area contributed by atoms with Crippen molar-refractivity contribution in [2.24, 2.45) is 0 Å². The summed E-state index contributed by atoms with van der Waals surface area (Å²) in [5.74, 6) is -0.285. The van der Waals surface area contributed by atoms with Gasteiger partial charge in [-0.3, -0.25) is 0 Å². The Morgan fingerprint density at radius 2 is 2.31 bits per heavy atom. The lowest BCUT2D eigenvalue weighted by Gasteiger charge is -2.10. The maximum absolute atomic E-state index is 12.8. The standard InChI is InChI=1S/C11H15FN2OS/c1-15-7-3-6-13-11(16)14-10-5-2-4-9(12)8-10/h2,4-5,8H,3,6-7H2,1H3,(H2,13,14,16). The largest absolute Gasteiger partial charge is 0.385 e. The van der Waals surface area contributed by atoms with Crippen LogP contribution in [0.3, 0.4) is 0 Å². The minimum absolute atomic E-state index is 0.285. The van der Waals surface area contributed by atoms with E-state index in [2.05, 4.69) is 10.6 Å². The van der Waals surface area contributed by atoms with Crippen LogP contribution in [-0.2, 0) is 4.74 Å². The Kier molecular flexibility index (Phi) is 5.74. The second-order valence-electron chi connectivity index (χ2n) is 3.24. The summed E-state index contributed by atoms with van der Waals surface area (Å²) in [5, 5.41) is 6.39. The van der Waals surface area contributed by atoms with Gasteiger partial charge in [-0.1, -0.05) is 6.07 Å². The molecule has 0 aliphatic rings. The highest BCUT2D eigenvalue weighted by Gasteiger charge is 1.97. The second-order valence-corrected chi connectivity index (χ2v) is 3.65.